The zero-order valence-corrected chi connectivity index (χ0v) is 5.76. The summed E-state index contributed by atoms with van der Waals surface area (Å²) in [6, 6.07) is 0. The molecule has 4 heteroatoms. The second-order valence-corrected chi connectivity index (χ2v) is 2.03. The Morgan fingerprint density at radius 2 is 2.29 bits per heavy atom. The Morgan fingerprint density at radius 3 is 2.29 bits per heavy atom. The third-order valence-corrected chi connectivity index (χ3v) is 1.24. The molecule has 46 valence electrons. The number of nitrogens with two attached hydrogens (primary N) is 1. The molecule has 0 aromatic carbocycles. The molecule has 0 saturated carbocycles. The first-order chi connectivity index (χ1) is 2.81. The lowest BCUT2D eigenvalue weighted by Gasteiger charge is -1.98. The SMILES string of the molecule is CSC(N)CO.Cl. The highest BCUT2D eigenvalue weighted by molar-refractivity contribution is 7.99. The topological polar surface area (TPSA) is 46.2 Å². The molecule has 0 aliphatic carbocycles. The summed E-state index contributed by atoms with van der Waals surface area (Å²) < 4.78 is 0. The molecule has 1 atom stereocenters. The molecule has 0 heterocycles. The van der Waals surface area contributed by atoms with Gasteiger partial charge in [0.15, 0.2) is 0 Å². The van der Waals surface area contributed by atoms with Gasteiger partial charge in [0.2, 0.25) is 0 Å². The average Bonchev–Trinajstić information content (AvgIpc) is 1.65. The zero-order valence-electron chi connectivity index (χ0n) is 4.13. The van der Waals surface area contributed by atoms with Crippen LogP contribution < -0.4 is 5.73 Å². The molecule has 2 nitrogen and oxygen atoms in total. The molecule has 0 aromatic heterocycles. The van der Waals surface area contributed by atoms with Gasteiger partial charge in [0, 0.05) is 0 Å². The molecule has 0 aliphatic heterocycles. The fraction of sp³-hybridized carbons (Fsp3) is 1.00. The highest BCUT2D eigenvalue weighted by Crippen LogP contribution is 1.94. The van der Waals surface area contributed by atoms with Crippen molar-refractivity contribution in [2.24, 2.45) is 5.73 Å². The van der Waals surface area contributed by atoms with E-state index in [1.165, 1.54) is 11.8 Å². The Balaban J connectivity index is 0. The molecule has 0 aliphatic rings. The maximum Gasteiger partial charge on any atom is 0.0738 e. The van der Waals surface area contributed by atoms with Gasteiger partial charge in [-0.1, -0.05) is 0 Å². The molecule has 0 fully saturated rings. The molecule has 0 rings (SSSR count). The van der Waals surface area contributed by atoms with Crippen LogP contribution in [0, 0.1) is 0 Å². The van der Waals surface area contributed by atoms with Crippen molar-refractivity contribution in [1.29, 1.82) is 0 Å². The fourth-order valence-electron chi connectivity index (χ4n) is 0.0745. The first-order valence-electron chi connectivity index (χ1n) is 1.70. The predicted molar refractivity (Wildman–Crippen MR) is 35.8 cm³/mol. The van der Waals surface area contributed by atoms with E-state index in [9.17, 15) is 0 Å². The van der Waals surface area contributed by atoms with Gasteiger partial charge in [0.1, 0.15) is 0 Å². The summed E-state index contributed by atoms with van der Waals surface area (Å²) in [5.74, 6) is 0. The molecular formula is C3H10ClNOS. The van der Waals surface area contributed by atoms with E-state index in [-0.39, 0.29) is 24.4 Å². The van der Waals surface area contributed by atoms with Crippen LogP contribution in [0.25, 0.3) is 0 Å². The van der Waals surface area contributed by atoms with Gasteiger partial charge in [-0.2, -0.15) is 0 Å². The van der Waals surface area contributed by atoms with Gasteiger partial charge in [0.25, 0.3) is 0 Å². The fourth-order valence-corrected chi connectivity index (χ4v) is 0.224. The van der Waals surface area contributed by atoms with Crippen LogP contribution in [-0.2, 0) is 0 Å². The van der Waals surface area contributed by atoms with Gasteiger partial charge in [-0.3, -0.25) is 0 Å². The molecule has 7 heavy (non-hydrogen) atoms. The molecule has 0 spiro atoms. The second kappa shape index (κ2) is 6.56. The average molecular weight is 144 g/mol. The van der Waals surface area contributed by atoms with Crippen LogP contribution in [0.3, 0.4) is 0 Å². The van der Waals surface area contributed by atoms with Crippen molar-refractivity contribution in [2.75, 3.05) is 12.9 Å². The van der Waals surface area contributed by atoms with Crippen LogP contribution in [-0.4, -0.2) is 23.3 Å². The van der Waals surface area contributed by atoms with Crippen molar-refractivity contribution in [3.63, 3.8) is 0 Å². The van der Waals surface area contributed by atoms with Gasteiger partial charge < -0.3 is 10.8 Å². The van der Waals surface area contributed by atoms with Crippen molar-refractivity contribution < 1.29 is 5.11 Å². The van der Waals surface area contributed by atoms with Crippen molar-refractivity contribution in [3.05, 3.63) is 0 Å². The van der Waals surface area contributed by atoms with Crippen LogP contribution in [0.15, 0.2) is 0 Å². The molecular weight excluding hydrogens is 134 g/mol. The summed E-state index contributed by atoms with van der Waals surface area (Å²) in [5.41, 5.74) is 5.19. The molecule has 0 amide bonds. The summed E-state index contributed by atoms with van der Waals surface area (Å²) in [6.07, 6.45) is 1.86. The Bertz CT molecular complexity index is 34.1. The normalized spacial score (nSPS) is 12.4. The Hall–Kier alpha value is 0.560. The number of aliphatic hydroxyl groups excluding tert-OH is 1. The van der Waals surface area contributed by atoms with Crippen LogP contribution in [0.5, 0.6) is 0 Å². The Kier molecular flexibility index (Phi) is 9.86. The van der Waals surface area contributed by atoms with Crippen LogP contribution >= 0.6 is 24.2 Å². The van der Waals surface area contributed by atoms with Crippen LogP contribution in [0.4, 0.5) is 0 Å². The Morgan fingerprint density at radius 1 is 1.86 bits per heavy atom. The zero-order chi connectivity index (χ0) is 4.99. The summed E-state index contributed by atoms with van der Waals surface area (Å²) in [4.78, 5) is 0. The third kappa shape index (κ3) is 6.56. The lowest BCUT2D eigenvalue weighted by molar-refractivity contribution is 0.297. The molecule has 0 radical (unpaired) electrons. The first kappa shape index (κ1) is 10.5. The number of hydrogen-bond donors (Lipinski definition) is 2. The maximum atomic E-state index is 8.19. The molecule has 0 aromatic rings. The number of halogens is 1. The van der Waals surface area contributed by atoms with E-state index in [0.29, 0.717) is 0 Å². The second-order valence-electron chi connectivity index (χ2n) is 0.957. The molecule has 3 N–H and O–H groups in total. The number of rotatable bonds is 2. The van der Waals surface area contributed by atoms with E-state index in [0.717, 1.165) is 0 Å². The maximum absolute atomic E-state index is 8.19. The highest BCUT2D eigenvalue weighted by Gasteiger charge is 1.90. The summed E-state index contributed by atoms with van der Waals surface area (Å²) in [6.45, 7) is 0.0706. The van der Waals surface area contributed by atoms with E-state index in [2.05, 4.69) is 0 Å². The smallest absolute Gasteiger partial charge is 0.0738 e. The van der Waals surface area contributed by atoms with E-state index >= 15 is 0 Å². The monoisotopic (exact) mass is 143 g/mol. The summed E-state index contributed by atoms with van der Waals surface area (Å²) in [5, 5.41) is 8.10. The van der Waals surface area contributed by atoms with E-state index in [1.807, 2.05) is 6.26 Å². The number of thioether (sulfide) groups is 1. The third-order valence-electron chi connectivity index (χ3n) is 0.483. The highest BCUT2D eigenvalue weighted by atomic mass is 35.5. The standard InChI is InChI=1S/C3H9NOS.ClH/c1-6-3(4)2-5;/h3,5H,2,4H2,1H3;1H. The largest absolute Gasteiger partial charge is 0.394 e. The van der Waals surface area contributed by atoms with Crippen molar-refractivity contribution >= 4 is 24.2 Å². The van der Waals surface area contributed by atoms with Gasteiger partial charge in [-0.15, -0.1) is 24.2 Å². The van der Waals surface area contributed by atoms with Crippen LogP contribution in [0.2, 0.25) is 0 Å². The lowest BCUT2D eigenvalue weighted by atomic mass is 10.7. The minimum absolute atomic E-state index is 0. The summed E-state index contributed by atoms with van der Waals surface area (Å²) in [7, 11) is 0. The van der Waals surface area contributed by atoms with Gasteiger partial charge >= 0.3 is 0 Å². The predicted octanol–water partition coefficient (Wildman–Crippen LogP) is 0.0483. The van der Waals surface area contributed by atoms with Crippen LogP contribution in [0.1, 0.15) is 0 Å². The van der Waals surface area contributed by atoms with E-state index in [4.69, 9.17) is 10.8 Å². The lowest BCUT2D eigenvalue weighted by Crippen LogP contribution is -2.18. The van der Waals surface area contributed by atoms with Crippen molar-refractivity contribution in [1.82, 2.24) is 0 Å². The minimum Gasteiger partial charge on any atom is -0.394 e. The van der Waals surface area contributed by atoms with Crippen molar-refractivity contribution in [2.45, 2.75) is 5.37 Å². The first-order valence-corrected chi connectivity index (χ1v) is 2.99. The number of hydrogen-bond acceptors (Lipinski definition) is 3. The summed E-state index contributed by atoms with van der Waals surface area (Å²) >= 11 is 1.45. The van der Waals surface area contributed by atoms with E-state index in [1.54, 1.807) is 0 Å². The van der Waals surface area contributed by atoms with Gasteiger partial charge in [-0.05, 0) is 6.26 Å². The van der Waals surface area contributed by atoms with Gasteiger partial charge in [-0.25, -0.2) is 0 Å². The van der Waals surface area contributed by atoms with Gasteiger partial charge in [0.05, 0.1) is 12.0 Å². The molecule has 1 unspecified atom stereocenters. The molecule has 0 bridgehead atoms. The molecule has 0 saturated heterocycles. The minimum atomic E-state index is -0.0926. The van der Waals surface area contributed by atoms with E-state index < -0.39 is 0 Å². The number of aliphatic hydroxyl groups is 1. The quantitative estimate of drug-likeness (QED) is 0.537. The van der Waals surface area contributed by atoms with Crippen molar-refractivity contribution in [3.8, 4) is 0 Å². The Labute approximate surface area is 53.9 Å².